The Morgan fingerprint density at radius 3 is 2.64 bits per heavy atom. The second-order valence-electron chi connectivity index (χ2n) is 5.13. The fraction of sp³-hybridized carbons (Fsp3) is 0.0667. The van der Waals surface area contributed by atoms with Gasteiger partial charge in [0.2, 0.25) is 10.0 Å². The first-order valence-electron chi connectivity index (χ1n) is 7.01. The molecule has 0 saturated heterocycles. The van der Waals surface area contributed by atoms with Crippen LogP contribution in [0.2, 0.25) is 0 Å². The summed E-state index contributed by atoms with van der Waals surface area (Å²) in [6.07, 6.45) is 1.07. The third-order valence-corrected chi connectivity index (χ3v) is 5.36. The molecule has 0 saturated carbocycles. The number of carbonyl (C=O) groups is 1. The molecule has 7 nitrogen and oxygen atoms in total. The number of rotatable bonds is 4. The van der Waals surface area contributed by atoms with Crippen molar-refractivity contribution in [3.63, 3.8) is 0 Å². The van der Waals surface area contributed by atoms with Gasteiger partial charge >= 0.3 is 6.03 Å². The zero-order chi connectivity index (χ0) is 18.0. The van der Waals surface area contributed by atoms with E-state index < -0.39 is 10.0 Å². The summed E-state index contributed by atoms with van der Waals surface area (Å²) in [7, 11) is -3.38. The zero-order valence-corrected chi connectivity index (χ0v) is 16.1. The highest BCUT2D eigenvalue weighted by molar-refractivity contribution is 9.10. The molecule has 2 amide bonds. The number of para-hydroxylation sites is 1. The number of benzene rings is 2. The third kappa shape index (κ3) is 4.68. The summed E-state index contributed by atoms with van der Waals surface area (Å²) in [5, 5.41) is 5.76. The van der Waals surface area contributed by atoms with Crippen molar-refractivity contribution in [1.82, 2.24) is 4.98 Å². The van der Waals surface area contributed by atoms with Crippen LogP contribution in [0.4, 0.5) is 21.3 Å². The fourth-order valence-corrected chi connectivity index (χ4v) is 4.18. The molecule has 1 heterocycles. The Morgan fingerprint density at radius 1 is 1.16 bits per heavy atom. The number of aromatic nitrogens is 1. The van der Waals surface area contributed by atoms with Crippen LogP contribution >= 0.6 is 27.3 Å². The Morgan fingerprint density at radius 2 is 1.92 bits per heavy atom. The molecule has 3 rings (SSSR count). The van der Waals surface area contributed by atoms with Crippen molar-refractivity contribution in [1.29, 1.82) is 0 Å². The molecule has 0 aliphatic rings. The van der Waals surface area contributed by atoms with Crippen LogP contribution in [0, 0.1) is 0 Å². The monoisotopic (exact) mass is 440 g/mol. The summed E-state index contributed by atoms with van der Waals surface area (Å²) in [6, 6.07) is 12.0. The lowest BCUT2D eigenvalue weighted by Crippen LogP contribution is -2.19. The number of urea groups is 1. The number of hydrogen-bond acceptors (Lipinski definition) is 5. The van der Waals surface area contributed by atoms with Crippen molar-refractivity contribution in [3.05, 3.63) is 46.9 Å². The van der Waals surface area contributed by atoms with Crippen molar-refractivity contribution in [3.8, 4) is 0 Å². The van der Waals surface area contributed by atoms with Gasteiger partial charge in [-0.05, 0) is 46.3 Å². The molecule has 2 aromatic carbocycles. The second kappa shape index (κ2) is 6.98. The Bertz CT molecular complexity index is 1050. The smallest absolute Gasteiger partial charge is 0.308 e. The van der Waals surface area contributed by atoms with Crippen LogP contribution in [-0.2, 0) is 10.0 Å². The second-order valence-corrected chi connectivity index (χ2v) is 8.77. The summed E-state index contributed by atoms with van der Waals surface area (Å²) in [4.78, 5) is 16.3. The minimum absolute atomic E-state index is 0.285. The van der Waals surface area contributed by atoms with E-state index >= 15 is 0 Å². The maximum atomic E-state index is 12.1. The van der Waals surface area contributed by atoms with E-state index in [-0.39, 0.29) is 11.2 Å². The van der Waals surface area contributed by atoms with Gasteiger partial charge in [0.1, 0.15) is 0 Å². The summed E-state index contributed by atoms with van der Waals surface area (Å²) in [6.45, 7) is 0. The Kier molecular flexibility index (Phi) is 4.93. The van der Waals surface area contributed by atoms with Crippen LogP contribution < -0.4 is 15.4 Å². The summed E-state index contributed by atoms with van der Waals surface area (Å²) >= 11 is 4.56. The Hall–Kier alpha value is -2.17. The molecule has 0 aliphatic heterocycles. The molecule has 0 spiro atoms. The van der Waals surface area contributed by atoms with Crippen molar-refractivity contribution in [2.24, 2.45) is 0 Å². The van der Waals surface area contributed by atoms with Gasteiger partial charge in [0.25, 0.3) is 0 Å². The number of fused-ring (bicyclic) bond motifs is 1. The number of hydrogen-bond donors (Lipinski definition) is 3. The predicted molar refractivity (Wildman–Crippen MR) is 105 cm³/mol. The highest BCUT2D eigenvalue weighted by Gasteiger charge is 2.10. The van der Waals surface area contributed by atoms with E-state index in [9.17, 15) is 13.2 Å². The van der Waals surface area contributed by atoms with E-state index in [0.717, 1.165) is 15.4 Å². The third-order valence-electron chi connectivity index (χ3n) is 3.04. The highest BCUT2D eigenvalue weighted by atomic mass is 79.9. The molecule has 1 aromatic heterocycles. The van der Waals surface area contributed by atoms with Gasteiger partial charge in [-0.3, -0.25) is 4.72 Å². The van der Waals surface area contributed by atoms with Crippen LogP contribution in [0.5, 0.6) is 0 Å². The maximum Gasteiger partial charge on any atom is 0.323 e. The average Bonchev–Trinajstić information content (AvgIpc) is 2.88. The van der Waals surface area contributed by atoms with E-state index in [2.05, 4.69) is 36.3 Å². The lowest BCUT2D eigenvalue weighted by Gasteiger charge is -2.08. The molecule has 130 valence electrons. The van der Waals surface area contributed by atoms with Crippen LogP contribution in [0.15, 0.2) is 46.9 Å². The van der Waals surface area contributed by atoms with E-state index in [0.29, 0.717) is 16.9 Å². The molecule has 0 unspecified atom stereocenters. The van der Waals surface area contributed by atoms with Gasteiger partial charge in [-0.25, -0.2) is 18.2 Å². The first-order chi connectivity index (χ1) is 11.8. The first kappa shape index (κ1) is 17.6. The Balaban J connectivity index is 1.75. The van der Waals surface area contributed by atoms with Crippen LogP contribution in [-0.4, -0.2) is 25.7 Å². The minimum atomic E-state index is -3.38. The number of anilines is 3. The van der Waals surface area contributed by atoms with Gasteiger partial charge in [-0.1, -0.05) is 23.5 Å². The van der Waals surface area contributed by atoms with Crippen molar-refractivity contribution >= 4 is 70.0 Å². The molecule has 0 bridgehead atoms. The van der Waals surface area contributed by atoms with Crippen molar-refractivity contribution in [2.75, 3.05) is 21.6 Å². The zero-order valence-electron chi connectivity index (χ0n) is 12.9. The van der Waals surface area contributed by atoms with Gasteiger partial charge in [0, 0.05) is 10.2 Å². The molecule has 0 aliphatic carbocycles. The van der Waals surface area contributed by atoms with E-state index in [1.54, 1.807) is 24.3 Å². The molecule has 0 fully saturated rings. The maximum absolute atomic E-state index is 12.1. The van der Waals surface area contributed by atoms with Gasteiger partial charge in [-0.15, -0.1) is 0 Å². The van der Waals surface area contributed by atoms with E-state index in [1.165, 1.54) is 11.3 Å². The molecule has 0 atom stereocenters. The lowest BCUT2D eigenvalue weighted by molar-refractivity contribution is 0.262. The molecule has 0 radical (unpaired) electrons. The number of nitrogens with one attached hydrogen (secondary N) is 3. The summed E-state index contributed by atoms with van der Waals surface area (Å²) in [5.41, 5.74) is 1.87. The largest absolute Gasteiger partial charge is 0.323 e. The van der Waals surface area contributed by atoms with Gasteiger partial charge in [-0.2, -0.15) is 0 Å². The Labute approximate surface area is 156 Å². The van der Waals surface area contributed by atoms with Crippen LogP contribution in [0.3, 0.4) is 0 Å². The van der Waals surface area contributed by atoms with Gasteiger partial charge in [0.15, 0.2) is 5.13 Å². The normalized spacial score (nSPS) is 11.3. The highest BCUT2D eigenvalue weighted by Crippen LogP contribution is 2.29. The number of nitrogens with zero attached hydrogens (tertiary/aromatic N) is 1. The molecule has 10 heteroatoms. The standard InChI is InChI=1S/C15H13BrN4O3S2/c1-25(22,23)20-15-19-12-7-6-9(8-13(12)24-15)17-14(21)18-11-5-3-2-4-10(11)16/h2-8H,1H3,(H,19,20)(H2,17,18,21). The number of halogens is 1. The molecular formula is C15H13BrN4O3S2. The minimum Gasteiger partial charge on any atom is -0.308 e. The quantitative estimate of drug-likeness (QED) is 0.568. The van der Waals surface area contributed by atoms with Crippen molar-refractivity contribution in [2.45, 2.75) is 0 Å². The number of amides is 2. The van der Waals surface area contributed by atoms with E-state index in [1.807, 2.05) is 18.2 Å². The molecule has 3 aromatic rings. The van der Waals surface area contributed by atoms with Crippen molar-refractivity contribution < 1.29 is 13.2 Å². The molecule has 25 heavy (non-hydrogen) atoms. The molecular weight excluding hydrogens is 428 g/mol. The van der Waals surface area contributed by atoms with Gasteiger partial charge in [0.05, 0.1) is 22.2 Å². The summed E-state index contributed by atoms with van der Waals surface area (Å²) < 4.78 is 26.4. The lowest BCUT2D eigenvalue weighted by atomic mass is 10.3. The average molecular weight is 441 g/mol. The topological polar surface area (TPSA) is 100 Å². The summed E-state index contributed by atoms with van der Waals surface area (Å²) in [5.74, 6) is 0. The fourth-order valence-electron chi connectivity index (χ4n) is 2.05. The number of sulfonamides is 1. The first-order valence-corrected chi connectivity index (χ1v) is 10.5. The van der Waals surface area contributed by atoms with Gasteiger partial charge < -0.3 is 10.6 Å². The SMILES string of the molecule is CS(=O)(=O)Nc1nc2ccc(NC(=O)Nc3ccccc3Br)cc2s1. The van der Waals surface area contributed by atoms with Crippen LogP contribution in [0.1, 0.15) is 0 Å². The molecule has 3 N–H and O–H groups in total. The number of carbonyl (C=O) groups excluding carboxylic acids is 1. The predicted octanol–water partition coefficient (Wildman–Crippen LogP) is 4.07. The number of thiazole rings is 1. The van der Waals surface area contributed by atoms with E-state index in [4.69, 9.17) is 0 Å². The van der Waals surface area contributed by atoms with Crippen LogP contribution in [0.25, 0.3) is 10.2 Å².